The van der Waals surface area contributed by atoms with Crippen LogP contribution in [0.5, 0.6) is 0 Å². The number of carbonyl (C=O) groups is 2. The molecule has 1 heterocycles. The van der Waals surface area contributed by atoms with Crippen LogP contribution in [0.4, 0.5) is 5.69 Å². The van der Waals surface area contributed by atoms with Crippen molar-refractivity contribution in [2.45, 2.75) is 32.6 Å². The zero-order chi connectivity index (χ0) is 13.8. The largest absolute Gasteiger partial charge is 0.305 e. The molecular formula is C15H18BrNO2. The van der Waals surface area contributed by atoms with Gasteiger partial charge in [-0.05, 0) is 37.0 Å². The zero-order valence-electron chi connectivity index (χ0n) is 11.1. The van der Waals surface area contributed by atoms with Crippen LogP contribution in [-0.2, 0) is 11.2 Å². The quantitative estimate of drug-likeness (QED) is 0.594. The Hall–Kier alpha value is -1.16. The number of anilines is 1. The van der Waals surface area contributed by atoms with E-state index in [1.807, 2.05) is 18.2 Å². The number of rotatable bonds is 6. The van der Waals surface area contributed by atoms with Crippen LogP contribution in [0.1, 0.15) is 42.1 Å². The molecule has 1 aliphatic rings. The van der Waals surface area contributed by atoms with Crippen molar-refractivity contribution < 1.29 is 9.59 Å². The van der Waals surface area contributed by atoms with Gasteiger partial charge in [-0.25, -0.2) is 0 Å². The van der Waals surface area contributed by atoms with Crippen LogP contribution < -0.4 is 4.90 Å². The van der Waals surface area contributed by atoms with Gasteiger partial charge in [0.25, 0.3) is 11.7 Å². The predicted octanol–water partition coefficient (Wildman–Crippen LogP) is 3.34. The molecule has 0 saturated heterocycles. The molecule has 0 radical (unpaired) electrons. The van der Waals surface area contributed by atoms with Crippen LogP contribution in [0.15, 0.2) is 18.2 Å². The molecule has 0 aromatic heterocycles. The normalized spacial score (nSPS) is 14.1. The maximum Gasteiger partial charge on any atom is 0.299 e. The van der Waals surface area contributed by atoms with E-state index in [-0.39, 0.29) is 11.7 Å². The number of carbonyl (C=O) groups excluding carboxylic acids is 2. The predicted molar refractivity (Wildman–Crippen MR) is 80.1 cm³/mol. The summed E-state index contributed by atoms with van der Waals surface area (Å²) in [5.41, 5.74) is 2.49. The van der Waals surface area contributed by atoms with Crippen LogP contribution in [0.2, 0.25) is 0 Å². The lowest BCUT2D eigenvalue weighted by Crippen LogP contribution is -2.30. The highest BCUT2D eigenvalue weighted by Gasteiger charge is 2.35. The first-order chi connectivity index (χ1) is 9.19. The number of aryl methyl sites for hydroxylation is 1. The van der Waals surface area contributed by atoms with E-state index in [1.54, 1.807) is 4.90 Å². The summed E-state index contributed by atoms with van der Waals surface area (Å²) in [5.74, 6) is -0.744. The molecule has 1 aliphatic heterocycles. The average Bonchev–Trinajstić information content (AvgIpc) is 2.67. The molecule has 1 amide bonds. The van der Waals surface area contributed by atoms with Crippen molar-refractivity contribution in [3.8, 4) is 0 Å². The minimum atomic E-state index is -0.386. The number of halogens is 1. The van der Waals surface area contributed by atoms with Gasteiger partial charge in [0.05, 0.1) is 11.3 Å². The molecule has 0 atom stereocenters. The SMILES string of the molecule is CCCCc1ccc2c(c1)C(=O)C(=O)N2CCCBr. The number of amides is 1. The van der Waals surface area contributed by atoms with E-state index in [4.69, 9.17) is 0 Å². The standard InChI is InChI=1S/C15H18BrNO2/c1-2-3-5-11-6-7-13-12(10-11)14(18)15(19)17(13)9-4-8-16/h6-7,10H,2-5,8-9H2,1H3. The average molecular weight is 324 g/mol. The molecule has 1 aromatic carbocycles. The number of alkyl halides is 1. The minimum absolute atomic E-state index is 0.358. The number of hydrogen-bond donors (Lipinski definition) is 0. The van der Waals surface area contributed by atoms with Gasteiger partial charge < -0.3 is 4.90 Å². The molecule has 0 spiro atoms. The fourth-order valence-corrected chi connectivity index (χ4v) is 2.57. The van der Waals surface area contributed by atoms with Crippen molar-refractivity contribution >= 4 is 33.3 Å². The smallest absolute Gasteiger partial charge is 0.299 e. The van der Waals surface area contributed by atoms with Gasteiger partial charge in [-0.3, -0.25) is 9.59 Å². The summed E-state index contributed by atoms with van der Waals surface area (Å²) in [6.07, 6.45) is 4.04. The lowest BCUT2D eigenvalue weighted by Gasteiger charge is -2.15. The van der Waals surface area contributed by atoms with E-state index in [9.17, 15) is 9.59 Å². The minimum Gasteiger partial charge on any atom is -0.305 e. The molecule has 4 heteroatoms. The topological polar surface area (TPSA) is 37.4 Å². The highest BCUT2D eigenvalue weighted by atomic mass is 79.9. The third-order valence-corrected chi connectivity index (χ3v) is 3.93. The number of hydrogen-bond acceptors (Lipinski definition) is 2. The molecule has 19 heavy (non-hydrogen) atoms. The Labute approximate surface area is 122 Å². The van der Waals surface area contributed by atoms with Gasteiger partial charge in [0.2, 0.25) is 0 Å². The molecule has 0 fully saturated rings. The second kappa shape index (κ2) is 6.33. The van der Waals surface area contributed by atoms with E-state index >= 15 is 0 Å². The van der Waals surface area contributed by atoms with Gasteiger partial charge in [-0.1, -0.05) is 35.3 Å². The van der Waals surface area contributed by atoms with Crippen LogP contribution in [0.3, 0.4) is 0 Å². The number of ketones is 1. The Balaban J connectivity index is 2.25. The molecule has 0 bridgehead atoms. The lowest BCUT2D eigenvalue weighted by molar-refractivity contribution is -0.114. The maximum absolute atomic E-state index is 12.0. The highest BCUT2D eigenvalue weighted by molar-refractivity contribution is 9.09. The third-order valence-electron chi connectivity index (χ3n) is 3.37. The molecule has 0 saturated carbocycles. The summed E-state index contributed by atoms with van der Waals surface area (Å²) in [7, 11) is 0. The molecule has 3 nitrogen and oxygen atoms in total. The van der Waals surface area contributed by atoms with Gasteiger partial charge in [0, 0.05) is 11.9 Å². The summed E-state index contributed by atoms with van der Waals surface area (Å²) in [6, 6.07) is 5.83. The van der Waals surface area contributed by atoms with Crippen molar-refractivity contribution in [3.05, 3.63) is 29.3 Å². The first-order valence-electron chi connectivity index (χ1n) is 6.74. The Kier molecular flexibility index (Phi) is 4.75. The Bertz CT molecular complexity index is 499. The monoisotopic (exact) mass is 323 g/mol. The number of nitrogens with zero attached hydrogens (tertiary/aromatic N) is 1. The number of Topliss-reactive ketones (excluding diaryl/α,β-unsaturated/α-hetero) is 1. The van der Waals surface area contributed by atoms with E-state index in [0.29, 0.717) is 12.1 Å². The van der Waals surface area contributed by atoms with Crippen LogP contribution >= 0.6 is 15.9 Å². The van der Waals surface area contributed by atoms with Crippen LogP contribution in [0, 0.1) is 0 Å². The van der Waals surface area contributed by atoms with Crippen molar-refractivity contribution in [2.24, 2.45) is 0 Å². The Morgan fingerprint density at radius 1 is 1.21 bits per heavy atom. The number of fused-ring (bicyclic) bond motifs is 1. The van der Waals surface area contributed by atoms with E-state index < -0.39 is 0 Å². The summed E-state index contributed by atoms with van der Waals surface area (Å²) >= 11 is 3.35. The van der Waals surface area contributed by atoms with E-state index in [1.165, 1.54) is 0 Å². The van der Waals surface area contributed by atoms with Crippen LogP contribution in [0.25, 0.3) is 0 Å². The van der Waals surface area contributed by atoms with Crippen molar-refractivity contribution in [2.75, 3.05) is 16.8 Å². The van der Waals surface area contributed by atoms with E-state index in [0.717, 1.165) is 42.3 Å². The molecule has 0 aliphatic carbocycles. The Morgan fingerprint density at radius 2 is 2.00 bits per heavy atom. The molecule has 0 unspecified atom stereocenters. The maximum atomic E-state index is 12.0. The molecular weight excluding hydrogens is 306 g/mol. The molecule has 0 N–H and O–H groups in total. The van der Waals surface area contributed by atoms with Crippen molar-refractivity contribution in [3.63, 3.8) is 0 Å². The second-order valence-corrected chi connectivity index (χ2v) is 5.58. The van der Waals surface area contributed by atoms with Gasteiger partial charge in [-0.15, -0.1) is 0 Å². The number of unbranched alkanes of at least 4 members (excludes halogenated alkanes) is 1. The molecule has 102 valence electrons. The third kappa shape index (κ3) is 2.89. The molecule has 2 rings (SSSR count). The van der Waals surface area contributed by atoms with E-state index in [2.05, 4.69) is 22.9 Å². The second-order valence-electron chi connectivity index (χ2n) is 4.78. The lowest BCUT2D eigenvalue weighted by atomic mass is 10.0. The number of benzene rings is 1. The fraction of sp³-hybridized carbons (Fsp3) is 0.467. The van der Waals surface area contributed by atoms with Gasteiger partial charge in [0.15, 0.2) is 0 Å². The van der Waals surface area contributed by atoms with Crippen molar-refractivity contribution in [1.29, 1.82) is 0 Å². The van der Waals surface area contributed by atoms with Gasteiger partial charge in [-0.2, -0.15) is 0 Å². The summed E-state index contributed by atoms with van der Waals surface area (Å²) < 4.78 is 0. The first-order valence-corrected chi connectivity index (χ1v) is 7.86. The van der Waals surface area contributed by atoms with Gasteiger partial charge >= 0.3 is 0 Å². The molecule has 1 aromatic rings. The zero-order valence-corrected chi connectivity index (χ0v) is 12.7. The Morgan fingerprint density at radius 3 is 2.68 bits per heavy atom. The van der Waals surface area contributed by atoms with Gasteiger partial charge in [0.1, 0.15) is 0 Å². The first kappa shape index (κ1) is 14.3. The summed E-state index contributed by atoms with van der Waals surface area (Å²) in [6.45, 7) is 2.74. The highest BCUT2D eigenvalue weighted by Crippen LogP contribution is 2.30. The van der Waals surface area contributed by atoms with Crippen LogP contribution in [-0.4, -0.2) is 23.6 Å². The summed E-state index contributed by atoms with van der Waals surface area (Å²) in [5, 5.41) is 0.828. The van der Waals surface area contributed by atoms with Crippen molar-refractivity contribution in [1.82, 2.24) is 0 Å². The summed E-state index contributed by atoms with van der Waals surface area (Å²) in [4.78, 5) is 25.5. The fourth-order valence-electron chi connectivity index (χ4n) is 2.32.